The molecule has 0 heterocycles. The number of carbonyl (C=O) groups excluding carboxylic acids is 1. The highest BCUT2D eigenvalue weighted by Crippen LogP contribution is 2.27. The monoisotopic (exact) mass is 381 g/mol. The van der Waals surface area contributed by atoms with Gasteiger partial charge < -0.3 is 15.2 Å². The molecule has 0 aliphatic heterocycles. The van der Waals surface area contributed by atoms with Crippen molar-refractivity contribution in [3.05, 3.63) is 27.7 Å². The Balaban J connectivity index is 2.47. The van der Waals surface area contributed by atoms with E-state index in [-0.39, 0.29) is 30.4 Å². The van der Waals surface area contributed by atoms with Gasteiger partial charge in [-0.1, -0.05) is 11.6 Å². The fourth-order valence-electron chi connectivity index (χ4n) is 1.56. The molecule has 0 aromatic heterocycles. The number of halogens is 2. The molecule has 1 aromatic rings. The topological polar surface area (TPSA) is 58.6 Å². The lowest BCUT2D eigenvalue weighted by Gasteiger charge is -2.21. The lowest BCUT2D eigenvalue weighted by molar-refractivity contribution is -0.123. The van der Waals surface area contributed by atoms with Crippen LogP contribution in [0.15, 0.2) is 22.7 Å². The Bertz CT molecular complexity index is 457. The summed E-state index contributed by atoms with van der Waals surface area (Å²) in [6, 6.07) is 4.96. The average molecular weight is 383 g/mol. The van der Waals surface area contributed by atoms with Gasteiger partial charge in [0.15, 0.2) is 6.61 Å². The number of ether oxygens (including phenoxy) is 1. The maximum absolute atomic E-state index is 11.8. The van der Waals surface area contributed by atoms with Gasteiger partial charge in [-0.3, -0.25) is 4.79 Å². The number of hydrogen-bond donors (Lipinski definition) is 2. The maximum Gasteiger partial charge on any atom is 0.258 e. The molecule has 2 atom stereocenters. The Morgan fingerprint density at radius 1 is 1.60 bits per heavy atom. The largest absolute Gasteiger partial charge is 0.483 e. The summed E-state index contributed by atoms with van der Waals surface area (Å²) in [6.45, 7) is 1.79. The highest BCUT2D eigenvalue weighted by molar-refractivity contribution is 9.10. The summed E-state index contributed by atoms with van der Waals surface area (Å²) in [4.78, 5) is 11.8. The van der Waals surface area contributed by atoms with Gasteiger partial charge in [-0.25, -0.2) is 0 Å². The molecule has 0 radical (unpaired) electrons. The van der Waals surface area contributed by atoms with Crippen LogP contribution in [0.25, 0.3) is 0 Å². The van der Waals surface area contributed by atoms with Crippen LogP contribution < -0.4 is 10.1 Å². The van der Waals surface area contributed by atoms with E-state index in [0.29, 0.717) is 15.2 Å². The molecule has 0 fully saturated rings. The Labute approximate surface area is 136 Å². The van der Waals surface area contributed by atoms with E-state index in [9.17, 15) is 4.79 Å². The number of aliphatic hydroxyl groups excluding tert-OH is 1. The number of carbonyl (C=O) groups is 1. The first-order chi connectivity index (χ1) is 9.47. The van der Waals surface area contributed by atoms with Crippen molar-refractivity contribution < 1.29 is 14.6 Å². The first-order valence-corrected chi connectivity index (χ1v) is 8.44. The molecule has 1 aromatic carbocycles. The van der Waals surface area contributed by atoms with Gasteiger partial charge in [0.05, 0.1) is 11.1 Å². The van der Waals surface area contributed by atoms with Gasteiger partial charge in [0.1, 0.15) is 5.75 Å². The number of hydrogen-bond acceptors (Lipinski definition) is 4. The molecule has 7 heteroatoms. The molecule has 0 aliphatic carbocycles. The van der Waals surface area contributed by atoms with E-state index in [4.69, 9.17) is 21.4 Å². The van der Waals surface area contributed by atoms with E-state index < -0.39 is 0 Å². The fraction of sp³-hybridized carbons (Fsp3) is 0.462. The van der Waals surface area contributed by atoms with Crippen LogP contribution in [0.4, 0.5) is 0 Å². The van der Waals surface area contributed by atoms with Gasteiger partial charge in [0.25, 0.3) is 5.91 Å². The van der Waals surface area contributed by atoms with Crippen molar-refractivity contribution in [2.24, 2.45) is 0 Å². The van der Waals surface area contributed by atoms with Gasteiger partial charge in [0.2, 0.25) is 0 Å². The van der Waals surface area contributed by atoms with Crippen molar-refractivity contribution in [1.82, 2.24) is 5.32 Å². The lowest BCUT2D eigenvalue weighted by Crippen LogP contribution is -2.43. The van der Waals surface area contributed by atoms with Crippen molar-refractivity contribution in [2.75, 3.05) is 19.5 Å². The number of nitrogens with one attached hydrogen (secondary N) is 1. The molecule has 1 amide bonds. The van der Waals surface area contributed by atoms with E-state index in [0.717, 1.165) is 0 Å². The summed E-state index contributed by atoms with van der Waals surface area (Å²) < 4.78 is 6.11. The van der Waals surface area contributed by atoms with Gasteiger partial charge >= 0.3 is 0 Å². The van der Waals surface area contributed by atoms with Crippen LogP contribution in [0.3, 0.4) is 0 Å². The number of thioether (sulfide) groups is 1. The molecule has 2 N–H and O–H groups in total. The van der Waals surface area contributed by atoms with Crippen molar-refractivity contribution in [2.45, 2.75) is 18.2 Å². The summed E-state index contributed by atoms with van der Waals surface area (Å²) in [6.07, 6.45) is 1.89. The van der Waals surface area contributed by atoms with Crippen LogP contribution in [0, 0.1) is 0 Å². The van der Waals surface area contributed by atoms with Crippen LogP contribution in [-0.4, -0.2) is 41.8 Å². The third-order valence-electron chi connectivity index (χ3n) is 2.68. The molecule has 1 rings (SSSR count). The minimum absolute atomic E-state index is 0.0200. The van der Waals surface area contributed by atoms with Crippen LogP contribution in [-0.2, 0) is 4.79 Å². The molecule has 0 spiro atoms. The lowest BCUT2D eigenvalue weighted by atomic mass is 10.2. The average Bonchev–Trinajstić information content (AvgIpc) is 2.39. The molecule has 20 heavy (non-hydrogen) atoms. The normalized spacial score (nSPS) is 13.7. The second-order valence-corrected chi connectivity index (χ2v) is 6.54. The number of aliphatic hydroxyl groups is 1. The SMILES string of the molecule is CSC(CO)C(C)NC(=O)COc1ccc(Cl)cc1Br. The highest BCUT2D eigenvalue weighted by atomic mass is 79.9. The predicted octanol–water partition coefficient (Wildman–Crippen LogP) is 2.71. The summed E-state index contributed by atoms with van der Waals surface area (Å²) >= 11 is 10.7. The molecule has 112 valence electrons. The van der Waals surface area contributed by atoms with Crippen LogP contribution in [0.5, 0.6) is 5.75 Å². The summed E-state index contributed by atoms with van der Waals surface area (Å²) in [5, 5.41) is 12.5. The van der Waals surface area contributed by atoms with Gasteiger partial charge in [-0.15, -0.1) is 0 Å². The molecule has 0 saturated carbocycles. The second kappa shape index (κ2) is 8.77. The summed E-state index contributed by atoms with van der Waals surface area (Å²) in [7, 11) is 0. The van der Waals surface area contributed by atoms with Gasteiger partial charge in [0, 0.05) is 16.3 Å². The number of benzene rings is 1. The Kier molecular flexibility index (Phi) is 7.72. The van der Waals surface area contributed by atoms with E-state index in [1.54, 1.807) is 18.2 Å². The third-order valence-corrected chi connectivity index (χ3v) is 4.70. The van der Waals surface area contributed by atoms with E-state index in [1.165, 1.54) is 11.8 Å². The molecule has 0 saturated heterocycles. The van der Waals surface area contributed by atoms with E-state index >= 15 is 0 Å². The van der Waals surface area contributed by atoms with Crippen LogP contribution in [0.2, 0.25) is 5.02 Å². The first kappa shape index (κ1) is 17.6. The standard InChI is InChI=1S/C13H17BrClNO3S/c1-8(12(6-17)20-2)16-13(18)7-19-11-4-3-9(15)5-10(11)14/h3-5,8,12,17H,6-7H2,1-2H3,(H,16,18). The van der Waals surface area contributed by atoms with Gasteiger partial charge in [-0.2, -0.15) is 11.8 Å². The predicted molar refractivity (Wildman–Crippen MR) is 86.6 cm³/mol. The molecule has 0 aliphatic rings. The third kappa shape index (κ3) is 5.52. The second-order valence-electron chi connectivity index (χ2n) is 4.18. The van der Waals surface area contributed by atoms with Crippen molar-refractivity contribution >= 4 is 45.2 Å². The minimum Gasteiger partial charge on any atom is -0.483 e. The Hall–Kier alpha value is -0.430. The molecular formula is C13H17BrClNO3S. The smallest absolute Gasteiger partial charge is 0.258 e. The quantitative estimate of drug-likeness (QED) is 0.761. The number of amides is 1. The first-order valence-electron chi connectivity index (χ1n) is 5.98. The highest BCUT2D eigenvalue weighted by Gasteiger charge is 2.17. The zero-order valence-corrected chi connectivity index (χ0v) is 14.4. The maximum atomic E-state index is 11.8. The zero-order chi connectivity index (χ0) is 15.1. The summed E-state index contributed by atoms with van der Waals surface area (Å²) in [5.74, 6) is 0.327. The van der Waals surface area contributed by atoms with Crippen LogP contribution >= 0.6 is 39.3 Å². The molecule has 4 nitrogen and oxygen atoms in total. The van der Waals surface area contributed by atoms with Crippen molar-refractivity contribution in [3.8, 4) is 5.75 Å². The zero-order valence-electron chi connectivity index (χ0n) is 11.2. The molecular weight excluding hydrogens is 366 g/mol. The Morgan fingerprint density at radius 2 is 2.30 bits per heavy atom. The molecule has 2 unspecified atom stereocenters. The van der Waals surface area contributed by atoms with Crippen molar-refractivity contribution in [1.29, 1.82) is 0 Å². The minimum atomic E-state index is -0.230. The van der Waals surface area contributed by atoms with E-state index in [1.807, 2.05) is 13.2 Å². The molecule has 0 bridgehead atoms. The van der Waals surface area contributed by atoms with Crippen LogP contribution in [0.1, 0.15) is 6.92 Å². The number of rotatable bonds is 7. The van der Waals surface area contributed by atoms with E-state index in [2.05, 4.69) is 21.2 Å². The Morgan fingerprint density at radius 3 is 2.85 bits per heavy atom. The van der Waals surface area contributed by atoms with Gasteiger partial charge in [-0.05, 0) is 47.3 Å². The van der Waals surface area contributed by atoms with Crippen molar-refractivity contribution in [3.63, 3.8) is 0 Å². The summed E-state index contributed by atoms with van der Waals surface area (Å²) in [5.41, 5.74) is 0. The fourth-order valence-corrected chi connectivity index (χ4v) is 2.98.